The van der Waals surface area contributed by atoms with E-state index in [2.05, 4.69) is 52.6 Å². The number of carbonyl (C=O) groups excluding carboxylic acids is 1. The van der Waals surface area contributed by atoms with Crippen LogP contribution < -0.4 is 0 Å². The summed E-state index contributed by atoms with van der Waals surface area (Å²) in [6.45, 7) is 6.63. The fraction of sp³-hybridized carbons (Fsp3) is 0.909. The molecule has 0 aliphatic heterocycles. The average Bonchev–Trinajstić information content (AvgIpc) is 2.41. The highest BCUT2D eigenvalue weighted by Crippen LogP contribution is 2.69. The van der Waals surface area contributed by atoms with Crippen molar-refractivity contribution in [3.05, 3.63) is 0 Å². The fourth-order valence-electron chi connectivity index (χ4n) is 3.48. The molecule has 14 heavy (non-hydrogen) atoms. The maximum atomic E-state index is 12.4. The van der Waals surface area contributed by atoms with Crippen molar-refractivity contribution < 1.29 is 4.79 Å². The molecule has 0 aromatic rings. The molecule has 0 N–H and O–H groups in total. The van der Waals surface area contributed by atoms with Crippen molar-refractivity contribution in [3.63, 3.8) is 0 Å². The lowest BCUT2D eigenvalue weighted by atomic mass is 9.70. The van der Waals surface area contributed by atoms with Gasteiger partial charge in [0.2, 0.25) is 0 Å². The standard InChI is InChI=1S/C11H16Br2O/c1-9(2)7-4-5-10(9,3)8(14)11(7,13)6-12/h7H,4-6H2,1-3H3/t7-,10+,11+/m1/s1. The van der Waals surface area contributed by atoms with Crippen LogP contribution in [0.25, 0.3) is 0 Å². The number of alkyl halides is 2. The Kier molecular flexibility index (Phi) is 2.26. The first-order chi connectivity index (χ1) is 6.30. The normalized spacial score (nSPS) is 50.1. The quantitative estimate of drug-likeness (QED) is 0.675. The Labute approximate surface area is 102 Å². The third-order valence-corrected chi connectivity index (χ3v) is 7.68. The largest absolute Gasteiger partial charge is 0.297 e. The first-order valence-electron chi connectivity index (χ1n) is 5.10. The SMILES string of the molecule is CC1(C)[C@H]2CC[C@@]1(C)C(=O)[C@]2(Br)CBr. The molecule has 2 bridgehead atoms. The molecule has 0 unspecified atom stereocenters. The number of halogens is 2. The van der Waals surface area contributed by atoms with Crippen molar-refractivity contribution in [1.29, 1.82) is 0 Å². The van der Waals surface area contributed by atoms with Crippen molar-refractivity contribution >= 4 is 37.6 Å². The van der Waals surface area contributed by atoms with Gasteiger partial charge in [-0.3, -0.25) is 4.79 Å². The monoisotopic (exact) mass is 322 g/mol. The summed E-state index contributed by atoms with van der Waals surface area (Å²) < 4.78 is -0.302. The maximum Gasteiger partial charge on any atom is 0.157 e. The van der Waals surface area contributed by atoms with Gasteiger partial charge < -0.3 is 0 Å². The highest BCUT2D eigenvalue weighted by molar-refractivity contribution is 9.12. The molecule has 2 saturated carbocycles. The number of carbonyl (C=O) groups is 1. The van der Waals surface area contributed by atoms with Gasteiger partial charge in [-0.15, -0.1) is 0 Å². The zero-order valence-electron chi connectivity index (χ0n) is 8.86. The summed E-state index contributed by atoms with van der Waals surface area (Å²) in [5.41, 5.74) is 0.0241. The molecule has 1 nitrogen and oxygen atoms in total. The second-order valence-electron chi connectivity index (χ2n) is 5.47. The van der Waals surface area contributed by atoms with Crippen LogP contribution in [0.5, 0.6) is 0 Å². The first-order valence-corrected chi connectivity index (χ1v) is 7.02. The van der Waals surface area contributed by atoms with E-state index in [9.17, 15) is 4.79 Å². The van der Waals surface area contributed by atoms with Gasteiger partial charge in [0.25, 0.3) is 0 Å². The summed E-state index contributed by atoms with van der Waals surface area (Å²) >= 11 is 7.16. The van der Waals surface area contributed by atoms with E-state index in [1.165, 1.54) is 6.42 Å². The smallest absolute Gasteiger partial charge is 0.157 e. The van der Waals surface area contributed by atoms with Crippen molar-refractivity contribution in [3.8, 4) is 0 Å². The van der Waals surface area contributed by atoms with Crippen LogP contribution >= 0.6 is 31.9 Å². The van der Waals surface area contributed by atoms with Gasteiger partial charge in [-0.2, -0.15) is 0 Å². The predicted octanol–water partition coefficient (Wildman–Crippen LogP) is 3.54. The molecule has 0 saturated heterocycles. The molecule has 3 heteroatoms. The Morgan fingerprint density at radius 3 is 2.29 bits per heavy atom. The van der Waals surface area contributed by atoms with Gasteiger partial charge in [0.05, 0.1) is 4.32 Å². The topological polar surface area (TPSA) is 17.1 Å². The van der Waals surface area contributed by atoms with E-state index in [4.69, 9.17) is 0 Å². The van der Waals surface area contributed by atoms with Gasteiger partial charge in [-0.25, -0.2) is 0 Å². The van der Waals surface area contributed by atoms with E-state index in [1.54, 1.807) is 0 Å². The average molecular weight is 324 g/mol. The van der Waals surface area contributed by atoms with Crippen LogP contribution in [0.2, 0.25) is 0 Å². The fourth-order valence-corrected chi connectivity index (χ4v) is 5.36. The zero-order chi connectivity index (χ0) is 10.8. The second-order valence-corrected chi connectivity index (χ2v) is 7.45. The highest BCUT2D eigenvalue weighted by atomic mass is 79.9. The summed E-state index contributed by atoms with van der Waals surface area (Å²) in [5, 5.41) is 0.739. The molecule has 80 valence electrons. The van der Waals surface area contributed by atoms with Gasteiger partial charge >= 0.3 is 0 Å². The molecule has 2 aliphatic rings. The van der Waals surface area contributed by atoms with E-state index < -0.39 is 0 Å². The molecule has 0 aromatic heterocycles. The molecule has 0 spiro atoms. The van der Waals surface area contributed by atoms with Crippen molar-refractivity contribution in [2.24, 2.45) is 16.7 Å². The summed E-state index contributed by atoms with van der Waals surface area (Å²) in [5.74, 6) is 0.884. The van der Waals surface area contributed by atoms with Crippen LogP contribution in [0.3, 0.4) is 0 Å². The Morgan fingerprint density at radius 2 is 2.00 bits per heavy atom. The molecular formula is C11H16Br2O. The zero-order valence-corrected chi connectivity index (χ0v) is 12.0. The van der Waals surface area contributed by atoms with Crippen molar-refractivity contribution in [2.45, 2.75) is 37.9 Å². The molecule has 0 amide bonds. The Bertz CT molecular complexity index is 300. The summed E-state index contributed by atoms with van der Waals surface area (Å²) in [6, 6.07) is 0. The Balaban J connectivity index is 2.55. The third kappa shape index (κ3) is 0.940. The molecule has 3 atom stereocenters. The minimum atomic E-state index is -0.302. The Hall–Kier alpha value is 0.630. The molecule has 0 aromatic carbocycles. The minimum absolute atomic E-state index is 0.116. The van der Waals surface area contributed by atoms with Crippen molar-refractivity contribution in [1.82, 2.24) is 0 Å². The number of rotatable bonds is 1. The highest BCUT2D eigenvalue weighted by Gasteiger charge is 2.71. The van der Waals surface area contributed by atoms with Gasteiger partial charge in [0.15, 0.2) is 5.78 Å². The van der Waals surface area contributed by atoms with Crippen LogP contribution in [0.4, 0.5) is 0 Å². The third-order valence-electron chi connectivity index (χ3n) is 4.85. The summed E-state index contributed by atoms with van der Waals surface area (Å²) in [6.07, 6.45) is 2.23. The van der Waals surface area contributed by atoms with E-state index in [0.717, 1.165) is 11.8 Å². The Morgan fingerprint density at radius 1 is 1.43 bits per heavy atom. The van der Waals surface area contributed by atoms with Crippen molar-refractivity contribution in [2.75, 3.05) is 5.33 Å². The molecule has 2 fully saturated rings. The second kappa shape index (κ2) is 2.85. The minimum Gasteiger partial charge on any atom is -0.297 e. The predicted molar refractivity (Wildman–Crippen MR) is 65.1 cm³/mol. The van der Waals surface area contributed by atoms with Gasteiger partial charge in [0, 0.05) is 10.7 Å². The lowest BCUT2D eigenvalue weighted by Crippen LogP contribution is -2.42. The number of ketones is 1. The van der Waals surface area contributed by atoms with E-state index in [1.807, 2.05) is 0 Å². The molecule has 0 heterocycles. The van der Waals surface area contributed by atoms with Crippen LogP contribution in [0.15, 0.2) is 0 Å². The van der Waals surface area contributed by atoms with E-state index in [-0.39, 0.29) is 15.2 Å². The number of hydrogen-bond donors (Lipinski definition) is 0. The van der Waals surface area contributed by atoms with Gasteiger partial charge in [-0.1, -0.05) is 52.6 Å². The lowest BCUT2D eigenvalue weighted by Gasteiger charge is -2.32. The lowest BCUT2D eigenvalue weighted by molar-refractivity contribution is -0.129. The van der Waals surface area contributed by atoms with E-state index >= 15 is 0 Å². The van der Waals surface area contributed by atoms with E-state index in [0.29, 0.717) is 11.7 Å². The number of fused-ring (bicyclic) bond motifs is 2. The molecule has 2 rings (SSSR count). The van der Waals surface area contributed by atoms with Crippen LogP contribution in [0.1, 0.15) is 33.6 Å². The van der Waals surface area contributed by atoms with Gasteiger partial charge in [0.1, 0.15) is 0 Å². The number of hydrogen-bond acceptors (Lipinski definition) is 1. The molecular weight excluding hydrogens is 308 g/mol. The maximum absolute atomic E-state index is 12.4. The molecule has 0 radical (unpaired) electrons. The van der Waals surface area contributed by atoms with Crippen LogP contribution in [0, 0.1) is 16.7 Å². The molecule has 2 aliphatic carbocycles. The van der Waals surface area contributed by atoms with Crippen LogP contribution in [-0.2, 0) is 4.79 Å². The first kappa shape index (κ1) is 11.1. The number of Topliss-reactive ketones (excluding diaryl/α,β-unsaturated/α-hetero) is 1. The summed E-state index contributed by atoms with van der Waals surface area (Å²) in [7, 11) is 0. The summed E-state index contributed by atoms with van der Waals surface area (Å²) in [4.78, 5) is 12.4. The van der Waals surface area contributed by atoms with Gasteiger partial charge in [-0.05, 0) is 24.2 Å². The van der Waals surface area contributed by atoms with Crippen LogP contribution in [-0.4, -0.2) is 15.4 Å².